The third-order valence-corrected chi connectivity index (χ3v) is 2.24. The predicted octanol–water partition coefficient (Wildman–Crippen LogP) is 0.270. The molecule has 1 unspecified atom stereocenters. The van der Waals surface area contributed by atoms with Crippen LogP contribution in [0.25, 0.3) is 0 Å². The van der Waals surface area contributed by atoms with Crippen LogP contribution in [0.3, 0.4) is 0 Å². The number of carbonyl (C=O) groups is 1. The van der Waals surface area contributed by atoms with Crippen LogP contribution in [-0.2, 0) is 14.3 Å². The normalized spacial score (nSPS) is 20.9. The third kappa shape index (κ3) is 2.97. The van der Waals surface area contributed by atoms with Gasteiger partial charge in [0.25, 0.3) is 5.91 Å². The van der Waals surface area contributed by atoms with Crippen molar-refractivity contribution >= 4 is 5.91 Å². The summed E-state index contributed by atoms with van der Waals surface area (Å²) in [5, 5.41) is 0. The largest absolute Gasteiger partial charge is 0.380 e. The van der Waals surface area contributed by atoms with Crippen LogP contribution >= 0.6 is 0 Å². The number of rotatable bonds is 2. The Bertz CT molecular complexity index is 164. The quantitative estimate of drug-likeness (QED) is 0.623. The molecule has 1 aliphatic rings. The lowest BCUT2D eigenvalue weighted by Crippen LogP contribution is -2.40. The molecule has 4 heteroatoms. The van der Waals surface area contributed by atoms with E-state index in [-0.39, 0.29) is 12.0 Å². The number of ether oxygens (including phenoxy) is 2. The van der Waals surface area contributed by atoms with Gasteiger partial charge in [0.1, 0.15) is 6.10 Å². The molecule has 1 saturated heterocycles. The van der Waals surface area contributed by atoms with Crippen molar-refractivity contribution in [2.45, 2.75) is 19.4 Å². The van der Waals surface area contributed by atoms with Crippen molar-refractivity contribution in [2.75, 3.05) is 33.4 Å². The SMILES string of the molecule is COC(C)C(=O)N1CCCOCC1. The Morgan fingerprint density at radius 3 is 2.92 bits per heavy atom. The van der Waals surface area contributed by atoms with E-state index in [0.717, 1.165) is 19.6 Å². The summed E-state index contributed by atoms with van der Waals surface area (Å²) < 4.78 is 10.2. The molecule has 76 valence electrons. The molecule has 0 aliphatic carbocycles. The van der Waals surface area contributed by atoms with Gasteiger partial charge < -0.3 is 14.4 Å². The molecule has 13 heavy (non-hydrogen) atoms. The summed E-state index contributed by atoms with van der Waals surface area (Å²) >= 11 is 0. The van der Waals surface area contributed by atoms with Gasteiger partial charge in [0.05, 0.1) is 6.61 Å². The first-order chi connectivity index (χ1) is 6.25. The van der Waals surface area contributed by atoms with Crippen LogP contribution in [0.5, 0.6) is 0 Å². The van der Waals surface area contributed by atoms with Crippen LogP contribution in [0.2, 0.25) is 0 Å². The molecule has 0 radical (unpaired) electrons. The Morgan fingerprint density at radius 1 is 1.46 bits per heavy atom. The molecule has 1 fully saturated rings. The number of nitrogens with zero attached hydrogens (tertiary/aromatic N) is 1. The average molecular weight is 187 g/mol. The highest BCUT2D eigenvalue weighted by atomic mass is 16.5. The second kappa shape index (κ2) is 5.19. The molecule has 0 saturated carbocycles. The van der Waals surface area contributed by atoms with Crippen molar-refractivity contribution in [3.8, 4) is 0 Å². The fourth-order valence-electron chi connectivity index (χ4n) is 1.32. The van der Waals surface area contributed by atoms with E-state index in [0.29, 0.717) is 13.2 Å². The van der Waals surface area contributed by atoms with E-state index in [1.165, 1.54) is 0 Å². The smallest absolute Gasteiger partial charge is 0.251 e. The zero-order valence-corrected chi connectivity index (χ0v) is 8.28. The Kier molecular flexibility index (Phi) is 4.18. The van der Waals surface area contributed by atoms with Gasteiger partial charge in [0, 0.05) is 26.8 Å². The van der Waals surface area contributed by atoms with Gasteiger partial charge in [0.2, 0.25) is 0 Å². The lowest BCUT2D eigenvalue weighted by molar-refractivity contribution is -0.140. The minimum Gasteiger partial charge on any atom is -0.380 e. The van der Waals surface area contributed by atoms with E-state index in [9.17, 15) is 4.79 Å². The summed E-state index contributed by atoms with van der Waals surface area (Å²) in [6.45, 7) is 4.64. The van der Waals surface area contributed by atoms with Gasteiger partial charge in [-0.15, -0.1) is 0 Å². The third-order valence-electron chi connectivity index (χ3n) is 2.24. The fraction of sp³-hybridized carbons (Fsp3) is 0.889. The Balaban J connectivity index is 2.43. The highest BCUT2D eigenvalue weighted by Crippen LogP contribution is 2.03. The van der Waals surface area contributed by atoms with Gasteiger partial charge in [-0.25, -0.2) is 0 Å². The van der Waals surface area contributed by atoms with Gasteiger partial charge in [-0.3, -0.25) is 4.79 Å². The zero-order chi connectivity index (χ0) is 9.68. The van der Waals surface area contributed by atoms with Crippen molar-refractivity contribution in [3.63, 3.8) is 0 Å². The lowest BCUT2D eigenvalue weighted by atomic mass is 10.3. The van der Waals surface area contributed by atoms with E-state index in [2.05, 4.69) is 0 Å². The summed E-state index contributed by atoms with van der Waals surface area (Å²) in [6, 6.07) is 0. The van der Waals surface area contributed by atoms with Crippen LogP contribution in [0.4, 0.5) is 0 Å². The molecule has 0 aromatic rings. The van der Waals surface area contributed by atoms with E-state index in [1.54, 1.807) is 18.9 Å². The summed E-state index contributed by atoms with van der Waals surface area (Å²) in [5.74, 6) is 0.0630. The number of amides is 1. The minimum atomic E-state index is -0.335. The molecule has 0 bridgehead atoms. The highest BCUT2D eigenvalue weighted by Gasteiger charge is 2.20. The van der Waals surface area contributed by atoms with Crippen LogP contribution in [-0.4, -0.2) is 50.3 Å². The average Bonchev–Trinajstić information content (AvgIpc) is 2.43. The molecule has 1 aliphatic heterocycles. The number of methoxy groups -OCH3 is 1. The van der Waals surface area contributed by atoms with Crippen LogP contribution in [0.15, 0.2) is 0 Å². The van der Waals surface area contributed by atoms with E-state index in [4.69, 9.17) is 9.47 Å². The molecule has 0 aromatic heterocycles. The topological polar surface area (TPSA) is 38.8 Å². The molecule has 4 nitrogen and oxygen atoms in total. The zero-order valence-electron chi connectivity index (χ0n) is 8.28. The molecule has 1 atom stereocenters. The van der Waals surface area contributed by atoms with Crippen molar-refractivity contribution in [1.29, 1.82) is 0 Å². The van der Waals surface area contributed by atoms with Gasteiger partial charge in [-0.05, 0) is 13.3 Å². The van der Waals surface area contributed by atoms with Gasteiger partial charge >= 0.3 is 0 Å². The fourth-order valence-corrected chi connectivity index (χ4v) is 1.32. The van der Waals surface area contributed by atoms with Crippen LogP contribution in [0.1, 0.15) is 13.3 Å². The Morgan fingerprint density at radius 2 is 2.23 bits per heavy atom. The van der Waals surface area contributed by atoms with Crippen LogP contribution in [0, 0.1) is 0 Å². The van der Waals surface area contributed by atoms with Gasteiger partial charge in [-0.1, -0.05) is 0 Å². The summed E-state index contributed by atoms with van der Waals surface area (Å²) in [6.07, 6.45) is 0.584. The summed E-state index contributed by atoms with van der Waals surface area (Å²) in [5.41, 5.74) is 0. The predicted molar refractivity (Wildman–Crippen MR) is 48.5 cm³/mol. The maximum atomic E-state index is 11.6. The first-order valence-corrected chi connectivity index (χ1v) is 4.65. The molecule has 1 heterocycles. The van der Waals surface area contributed by atoms with E-state index >= 15 is 0 Å². The summed E-state index contributed by atoms with van der Waals surface area (Å²) in [4.78, 5) is 13.4. The molecule has 1 amide bonds. The van der Waals surface area contributed by atoms with E-state index in [1.807, 2.05) is 0 Å². The summed E-state index contributed by atoms with van der Waals surface area (Å²) in [7, 11) is 1.55. The monoisotopic (exact) mass is 187 g/mol. The molecule has 0 N–H and O–H groups in total. The number of hydrogen-bond acceptors (Lipinski definition) is 3. The van der Waals surface area contributed by atoms with Crippen molar-refractivity contribution in [2.24, 2.45) is 0 Å². The lowest BCUT2D eigenvalue weighted by Gasteiger charge is -2.22. The molecule has 0 spiro atoms. The maximum absolute atomic E-state index is 11.6. The highest BCUT2D eigenvalue weighted by molar-refractivity contribution is 5.80. The van der Waals surface area contributed by atoms with Crippen LogP contribution < -0.4 is 0 Å². The second-order valence-electron chi connectivity index (χ2n) is 3.17. The first-order valence-electron chi connectivity index (χ1n) is 4.65. The van der Waals surface area contributed by atoms with Crippen molar-refractivity contribution in [3.05, 3.63) is 0 Å². The second-order valence-corrected chi connectivity index (χ2v) is 3.17. The van der Waals surface area contributed by atoms with E-state index < -0.39 is 0 Å². The molecule has 1 rings (SSSR count). The van der Waals surface area contributed by atoms with Crippen molar-refractivity contribution < 1.29 is 14.3 Å². The number of hydrogen-bond donors (Lipinski definition) is 0. The first kappa shape index (κ1) is 10.5. The molecular formula is C9H17NO3. The van der Waals surface area contributed by atoms with Crippen molar-refractivity contribution in [1.82, 2.24) is 4.90 Å². The maximum Gasteiger partial charge on any atom is 0.251 e. The van der Waals surface area contributed by atoms with Gasteiger partial charge in [0.15, 0.2) is 0 Å². The molecular weight excluding hydrogens is 170 g/mol. The minimum absolute atomic E-state index is 0.0630. The van der Waals surface area contributed by atoms with Gasteiger partial charge in [-0.2, -0.15) is 0 Å². The number of carbonyl (C=O) groups excluding carboxylic acids is 1. The molecule has 0 aromatic carbocycles. The Labute approximate surface area is 78.8 Å². The Hall–Kier alpha value is -0.610. The standard InChI is InChI=1S/C9H17NO3/c1-8(12-2)9(11)10-4-3-6-13-7-5-10/h8H,3-7H2,1-2H3.